The molecule has 0 heterocycles. The van der Waals surface area contributed by atoms with Crippen LogP contribution in [-0.4, -0.2) is 6.10 Å². The molecule has 0 bridgehead atoms. The van der Waals surface area contributed by atoms with E-state index in [2.05, 4.69) is 12.1 Å². The molecular weight excluding hydrogens is 244 g/mol. The highest BCUT2D eigenvalue weighted by Gasteiger charge is 2.55. The minimum Gasteiger partial charge on any atom is -0.491 e. The van der Waals surface area contributed by atoms with Crippen molar-refractivity contribution in [1.82, 2.24) is 0 Å². The molecule has 18 heavy (non-hydrogen) atoms. The van der Waals surface area contributed by atoms with Crippen LogP contribution in [0.4, 0.5) is 0 Å². The molecule has 0 aliphatic heterocycles. The maximum absolute atomic E-state index is 6.62. The second kappa shape index (κ2) is 4.77. The molecular formula is C16H21ClO. The third-order valence-electron chi connectivity index (χ3n) is 4.38. The summed E-state index contributed by atoms with van der Waals surface area (Å²) in [6.07, 6.45) is 4.43. The summed E-state index contributed by atoms with van der Waals surface area (Å²) in [5.74, 6) is 3.50. The van der Waals surface area contributed by atoms with Crippen LogP contribution in [0.5, 0.6) is 5.75 Å². The summed E-state index contributed by atoms with van der Waals surface area (Å²) in [6.45, 7) is 4.09. The first kappa shape index (κ1) is 12.3. The first-order valence-corrected chi connectivity index (χ1v) is 7.51. The maximum Gasteiger partial charge on any atom is 0.119 e. The van der Waals surface area contributed by atoms with Crippen LogP contribution in [0.3, 0.4) is 0 Å². The Bertz CT molecular complexity index is 402. The highest BCUT2D eigenvalue weighted by molar-refractivity contribution is 6.21. The normalized spacial score (nSPS) is 31.2. The summed E-state index contributed by atoms with van der Waals surface area (Å²) < 4.78 is 5.66. The summed E-state index contributed by atoms with van der Waals surface area (Å²) in [7, 11) is 0. The lowest BCUT2D eigenvalue weighted by atomic mass is 10.0. The van der Waals surface area contributed by atoms with Gasteiger partial charge in [-0.1, -0.05) is 18.6 Å². The molecule has 0 aromatic heterocycles. The van der Waals surface area contributed by atoms with Crippen molar-refractivity contribution >= 4 is 11.6 Å². The van der Waals surface area contributed by atoms with Crippen LogP contribution < -0.4 is 4.74 Å². The monoisotopic (exact) mass is 264 g/mol. The molecule has 3 atom stereocenters. The lowest BCUT2D eigenvalue weighted by Gasteiger charge is -2.14. The van der Waals surface area contributed by atoms with Crippen LogP contribution in [0.25, 0.3) is 0 Å². The molecule has 0 radical (unpaired) electrons. The van der Waals surface area contributed by atoms with E-state index >= 15 is 0 Å². The minimum atomic E-state index is 0.202. The largest absolute Gasteiger partial charge is 0.491 e. The average molecular weight is 265 g/mol. The van der Waals surface area contributed by atoms with E-state index in [1.54, 1.807) is 0 Å². The molecule has 0 saturated heterocycles. The van der Waals surface area contributed by atoms with Gasteiger partial charge in [0, 0.05) is 0 Å². The maximum atomic E-state index is 6.62. The fraction of sp³-hybridized carbons (Fsp3) is 0.625. The van der Waals surface area contributed by atoms with Crippen molar-refractivity contribution < 1.29 is 4.74 Å². The molecule has 0 N–H and O–H groups in total. The Balaban J connectivity index is 1.65. The van der Waals surface area contributed by atoms with Gasteiger partial charge in [0.1, 0.15) is 5.75 Å². The molecule has 2 heteroatoms. The van der Waals surface area contributed by atoms with Gasteiger partial charge in [-0.2, -0.15) is 0 Å². The van der Waals surface area contributed by atoms with Crippen molar-refractivity contribution in [1.29, 1.82) is 0 Å². The smallest absolute Gasteiger partial charge is 0.119 e. The van der Waals surface area contributed by atoms with Crippen molar-refractivity contribution in [2.75, 3.05) is 0 Å². The molecule has 3 rings (SSSR count). The highest BCUT2D eigenvalue weighted by atomic mass is 35.5. The van der Waals surface area contributed by atoms with Crippen molar-refractivity contribution in [2.24, 2.45) is 17.8 Å². The highest BCUT2D eigenvalue weighted by Crippen LogP contribution is 2.63. The number of alkyl halides is 1. The Hall–Kier alpha value is -0.690. The fourth-order valence-corrected chi connectivity index (χ4v) is 4.05. The summed E-state index contributed by atoms with van der Waals surface area (Å²) in [4.78, 5) is 0. The summed E-state index contributed by atoms with van der Waals surface area (Å²) in [6, 6.07) is 8.35. The van der Waals surface area contributed by atoms with E-state index in [1.807, 2.05) is 26.0 Å². The number of fused-ring (bicyclic) bond motifs is 1. The summed E-state index contributed by atoms with van der Waals surface area (Å²) >= 11 is 6.62. The number of benzene rings is 1. The predicted octanol–water partition coefficient (Wildman–Crippen LogP) is 4.80. The van der Waals surface area contributed by atoms with E-state index in [4.69, 9.17) is 16.3 Å². The van der Waals surface area contributed by atoms with Crippen LogP contribution in [0.2, 0.25) is 0 Å². The van der Waals surface area contributed by atoms with E-state index in [0.29, 0.717) is 0 Å². The lowest BCUT2D eigenvalue weighted by Crippen LogP contribution is -2.05. The van der Waals surface area contributed by atoms with Gasteiger partial charge in [0.2, 0.25) is 0 Å². The molecule has 2 aliphatic rings. The number of hydrogen-bond donors (Lipinski definition) is 0. The number of rotatable bonds is 4. The molecule has 2 aliphatic carbocycles. The zero-order chi connectivity index (χ0) is 12.7. The van der Waals surface area contributed by atoms with Crippen molar-refractivity contribution in [3.8, 4) is 5.75 Å². The molecule has 3 unspecified atom stereocenters. The van der Waals surface area contributed by atoms with Crippen molar-refractivity contribution in [2.45, 2.75) is 44.6 Å². The Morgan fingerprint density at radius 2 is 1.72 bits per heavy atom. The van der Waals surface area contributed by atoms with E-state index in [0.717, 1.165) is 23.5 Å². The van der Waals surface area contributed by atoms with Gasteiger partial charge in [-0.15, -0.1) is 11.6 Å². The van der Waals surface area contributed by atoms with Gasteiger partial charge in [-0.25, -0.2) is 0 Å². The van der Waals surface area contributed by atoms with E-state index in [9.17, 15) is 0 Å². The summed E-state index contributed by atoms with van der Waals surface area (Å²) in [5.41, 5.74) is 1.26. The third kappa shape index (κ3) is 2.25. The van der Waals surface area contributed by atoms with E-state index < -0.39 is 0 Å². The minimum absolute atomic E-state index is 0.202. The van der Waals surface area contributed by atoms with Crippen LogP contribution in [0.15, 0.2) is 24.3 Å². The van der Waals surface area contributed by atoms with Gasteiger partial charge < -0.3 is 4.74 Å². The topological polar surface area (TPSA) is 9.23 Å². The summed E-state index contributed by atoms with van der Waals surface area (Å²) in [5, 5.41) is 0.202. The fourth-order valence-electron chi connectivity index (χ4n) is 3.54. The van der Waals surface area contributed by atoms with Crippen LogP contribution >= 0.6 is 11.6 Å². The van der Waals surface area contributed by atoms with Crippen molar-refractivity contribution in [3.05, 3.63) is 29.8 Å². The Kier molecular flexibility index (Phi) is 3.27. The third-order valence-corrected chi connectivity index (χ3v) is 4.92. The first-order valence-electron chi connectivity index (χ1n) is 7.07. The van der Waals surface area contributed by atoms with Gasteiger partial charge in [0.15, 0.2) is 0 Å². The lowest BCUT2D eigenvalue weighted by molar-refractivity contribution is 0.242. The Morgan fingerprint density at radius 3 is 2.28 bits per heavy atom. The number of halogens is 1. The van der Waals surface area contributed by atoms with Crippen LogP contribution in [0.1, 0.15) is 44.1 Å². The van der Waals surface area contributed by atoms with Gasteiger partial charge in [-0.05, 0) is 62.1 Å². The average Bonchev–Trinajstić information content (AvgIpc) is 2.81. The zero-order valence-electron chi connectivity index (χ0n) is 11.1. The van der Waals surface area contributed by atoms with Gasteiger partial charge >= 0.3 is 0 Å². The molecule has 1 nitrogen and oxygen atoms in total. The second-order valence-corrected chi connectivity index (χ2v) is 6.44. The van der Waals surface area contributed by atoms with Crippen LogP contribution in [0, 0.1) is 17.8 Å². The molecule has 1 aromatic rings. The molecule has 1 aromatic carbocycles. The molecule has 0 amide bonds. The van der Waals surface area contributed by atoms with Crippen LogP contribution in [-0.2, 0) is 0 Å². The van der Waals surface area contributed by atoms with Gasteiger partial charge in [-0.3, -0.25) is 0 Å². The Labute approximate surface area is 114 Å². The molecule has 0 spiro atoms. The SMILES string of the molecule is CC(C)Oc1ccc(C(Cl)C2C3CCCC32)cc1. The van der Waals surface area contributed by atoms with E-state index in [-0.39, 0.29) is 11.5 Å². The van der Waals surface area contributed by atoms with Gasteiger partial charge in [0.05, 0.1) is 11.5 Å². The zero-order valence-corrected chi connectivity index (χ0v) is 11.9. The molecule has 2 fully saturated rings. The standard InChI is InChI=1S/C16H21ClO/c1-10(2)18-12-8-6-11(7-9-12)16(17)15-13-4-3-5-14(13)15/h6-10,13-16H,3-5H2,1-2H3. The quantitative estimate of drug-likeness (QED) is 0.710. The number of hydrogen-bond acceptors (Lipinski definition) is 1. The predicted molar refractivity (Wildman–Crippen MR) is 75.1 cm³/mol. The molecule has 2 saturated carbocycles. The number of ether oxygens (including phenoxy) is 1. The second-order valence-electron chi connectivity index (χ2n) is 5.97. The van der Waals surface area contributed by atoms with Gasteiger partial charge in [0.25, 0.3) is 0 Å². The van der Waals surface area contributed by atoms with E-state index in [1.165, 1.54) is 24.8 Å². The van der Waals surface area contributed by atoms with Crippen molar-refractivity contribution in [3.63, 3.8) is 0 Å². The molecule has 98 valence electrons. The first-order chi connectivity index (χ1) is 8.66. The Morgan fingerprint density at radius 1 is 1.11 bits per heavy atom.